The Morgan fingerprint density at radius 3 is 2.81 bits per heavy atom. The van der Waals surface area contributed by atoms with Crippen LogP contribution in [0, 0.1) is 19.7 Å². The predicted octanol–water partition coefficient (Wildman–Crippen LogP) is 3.21. The molecule has 166 valence electrons. The average Bonchev–Trinajstić information content (AvgIpc) is 3.12. The van der Waals surface area contributed by atoms with E-state index in [1.54, 1.807) is 39.2 Å². The van der Waals surface area contributed by atoms with Gasteiger partial charge in [0.1, 0.15) is 29.5 Å². The van der Waals surface area contributed by atoms with Gasteiger partial charge in [-0.1, -0.05) is 5.16 Å². The van der Waals surface area contributed by atoms with Crippen molar-refractivity contribution >= 4 is 17.5 Å². The molecule has 1 aliphatic rings. The summed E-state index contributed by atoms with van der Waals surface area (Å²) in [5, 5.41) is 6.53. The number of benzene rings is 1. The van der Waals surface area contributed by atoms with Gasteiger partial charge >= 0.3 is 0 Å². The number of carbonyl (C=O) groups is 2. The number of ether oxygens (including phenoxy) is 1. The highest BCUT2D eigenvalue weighted by Crippen LogP contribution is 2.34. The number of rotatable bonds is 6. The number of halogens is 1. The normalized spacial score (nSPS) is 13.1. The smallest absolute Gasteiger partial charge is 0.256 e. The molecular formula is C23H23FN4O4. The third-order valence-electron chi connectivity index (χ3n) is 5.45. The molecule has 9 heteroatoms. The van der Waals surface area contributed by atoms with Crippen LogP contribution in [-0.2, 0) is 11.2 Å². The summed E-state index contributed by atoms with van der Waals surface area (Å²) in [6.07, 6.45) is 4.06. The Bertz CT molecular complexity index is 1170. The minimum atomic E-state index is -0.434. The first-order valence-corrected chi connectivity index (χ1v) is 10.2. The monoisotopic (exact) mass is 438 g/mol. The zero-order valence-electron chi connectivity index (χ0n) is 18.1. The van der Waals surface area contributed by atoms with Gasteiger partial charge < -0.3 is 19.5 Å². The molecule has 1 N–H and O–H groups in total. The molecule has 2 aromatic heterocycles. The molecule has 0 bridgehead atoms. The Morgan fingerprint density at radius 1 is 1.25 bits per heavy atom. The lowest BCUT2D eigenvalue weighted by molar-refractivity contribution is -0.118. The van der Waals surface area contributed by atoms with Crippen molar-refractivity contribution < 1.29 is 23.2 Å². The van der Waals surface area contributed by atoms with Gasteiger partial charge in [0, 0.05) is 36.5 Å². The van der Waals surface area contributed by atoms with Crippen LogP contribution in [0.5, 0.6) is 5.75 Å². The largest absolute Gasteiger partial charge is 0.490 e. The number of anilines is 1. The summed E-state index contributed by atoms with van der Waals surface area (Å²) < 4.78 is 25.5. The maximum absolute atomic E-state index is 14.8. The van der Waals surface area contributed by atoms with E-state index < -0.39 is 5.82 Å². The first-order valence-electron chi connectivity index (χ1n) is 10.2. The third kappa shape index (κ3) is 4.18. The number of aryl methyl sites for hydroxylation is 3. The van der Waals surface area contributed by atoms with Gasteiger partial charge in [0.05, 0.1) is 18.4 Å². The van der Waals surface area contributed by atoms with E-state index in [0.717, 1.165) is 5.56 Å². The van der Waals surface area contributed by atoms with Crippen LogP contribution in [0.3, 0.4) is 0 Å². The van der Waals surface area contributed by atoms with Crippen LogP contribution in [0.4, 0.5) is 10.1 Å². The molecule has 0 unspecified atom stereocenters. The van der Waals surface area contributed by atoms with E-state index in [2.05, 4.69) is 15.5 Å². The summed E-state index contributed by atoms with van der Waals surface area (Å²) in [6.45, 7) is 3.85. The van der Waals surface area contributed by atoms with Crippen LogP contribution < -0.4 is 15.0 Å². The highest BCUT2D eigenvalue weighted by Gasteiger charge is 2.23. The summed E-state index contributed by atoms with van der Waals surface area (Å²) >= 11 is 0. The van der Waals surface area contributed by atoms with Gasteiger partial charge in [-0.3, -0.25) is 14.6 Å². The number of pyridine rings is 1. The summed E-state index contributed by atoms with van der Waals surface area (Å²) in [7, 11) is 1.65. The van der Waals surface area contributed by atoms with Crippen LogP contribution in [0.25, 0.3) is 11.1 Å². The third-order valence-corrected chi connectivity index (χ3v) is 5.45. The molecule has 0 radical (unpaired) electrons. The molecule has 32 heavy (non-hydrogen) atoms. The molecule has 0 fully saturated rings. The van der Waals surface area contributed by atoms with Crippen LogP contribution in [0.15, 0.2) is 35.1 Å². The van der Waals surface area contributed by atoms with E-state index in [9.17, 15) is 14.0 Å². The minimum absolute atomic E-state index is 0.0249. The first-order chi connectivity index (χ1) is 15.3. The number of carbonyl (C=O) groups excluding carboxylic acids is 2. The zero-order chi connectivity index (χ0) is 22.8. The van der Waals surface area contributed by atoms with E-state index >= 15 is 0 Å². The molecule has 3 heterocycles. The van der Waals surface area contributed by atoms with Crippen molar-refractivity contribution in [3.8, 4) is 16.9 Å². The lowest BCUT2D eigenvalue weighted by Crippen LogP contribution is -2.31. The average molecular weight is 438 g/mol. The Morgan fingerprint density at radius 2 is 2.06 bits per heavy atom. The topological polar surface area (TPSA) is 97.6 Å². The fraction of sp³-hybridized carbons (Fsp3) is 0.304. The number of nitrogens with zero attached hydrogens (tertiary/aromatic N) is 3. The second kappa shape index (κ2) is 8.78. The Labute approximate surface area is 184 Å². The number of amides is 2. The molecule has 1 aromatic carbocycles. The van der Waals surface area contributed by atoms with Crippen molar-refractivity contribution in [1.82, 2.24) is 15.5 Å². The lowest BCUT2D eigenvalue weighted by atomic mass is 9.96. The SMILES string of the molecule is Cc1noc(C)c1C(=O)NCCOc1cncc(-c2cc3c(cc2F)N(C)C(=O)CC3)c1. The minimum Gasteiger partial charge on any atom is -0.490 e. The number of nitrogens with one attached hydrogen (secondary N) is 1. The number of fused-ring (bicyclic) bond motifs is 1. The van der Waals surface area contributed by atoms with Gasteiger partial charge in [-0.2, -0.15) is 0 Å². The van der Waals surface area contributed by atoms with E-state index in [1.165, 1.54) is 17.2 Å². The summed E-state index contributed by atoms with van der Waals surface area (Å²) in [4.78, 5) is 29.8. The van der Waals surface area contributed by atoms with Crippen molar-refractivity contribution in [2.45, 2.75) is 26.7 Å². The molecule has 0 spiro atoms. The highest BCUT2D eigenvalue weighted by atomic mass is 19.1. The summed E-state index contributed by atoms with van der Waals surface area (Å²) in [5.41, 5.74) is 3.43. The maximum atomic E-state index is 14.8. The van der Waals surface area contributed by atoms with Crippen molar-refractivity contribution in [3.05, 3.63) is 59.0 Å². The van der Waals surface area contributed by atoms with E-state index in [1.807, 2.05) is 0 Å². The van der Waals surface area contributed by atoms with E-state index in [-0.39, 0.29) is 25.0 Å². The van der Waals surface area contributed by atoms with E-state index in [0.29, 0.717) is 52.4 Å². The summed E-state index contributed by atoms with van der Waals surface area (Å²) in [5.74, 6) is 0.175. The van der Waals surface area contributed by atoms with Gasteiger partial charge in [-0.15, -0.1) is 0 Å². The fourth-order valence-electron chi connectivity index (χ4n) is 3.76. The summed E-state index contributed by atoms with van der Waals surface area (Å²) in [6, 6.07) is 4.85. The quantitative estimate of drug-likeness (QED) is 0.594. The molecule has 4 rings (SSSR count). The van der Waals surface area contributed by atoms with Crippen molar-refractivity contribution in [2.24, 2.45) is 0 Å². The molecule has 8 nitrogen and oxygen atoms in total. The van der Waals surface area contributed by atoms with Crippen LogP contribution in [-0.4, -0.2) is 42.2 Å². The predicted molar refractivity (Wildman–Crippen MR) is 115 cm³/mol. The van der Waals surface area contributed by atoms with Crippen LogP contribution in [0.1, 0.15) is 33.8 Å². The number of hydrogen-bond acceptors (Lipinski definition) is 6. The van der Waals surface area contributed by atoms with Gasteiger partial charge in [0.2, 0.25) is 5.91 Å². The maximum Gasteiger partial charge on any atom is 0.256 e. The second-order valence-electron chi connectivity index (χ2n) is 7.63. The lowest BCUT2D eigenvalue weighted by Gasteiger charge is -2.26. The van der Waals surface area contributed by atoms with Crippen LogP contribution in [0.2, 0.25) is 0 Å². The van der Waals surface area contributed by atoms with Crippen molar-refractivity contribution in [2.75, 3.05) is 25.1 Å². The Balaban J connectivity index is 1.42. The number of aromatic nitrogens is 2. The van der Waals surface area contributed by atoms with E-state index in [4.69, 9.17) is 9.26 Å². The van der Waals surface area contributed by atoms with Crippen LogP contribution >= 0.6 is 0 Å². The van der Waals surface area contributed by atoms with Crippen molar-refractivity contribution in [3.63, 3.8) is 0 Å². The fourth-order valence-corrected chi connectivity index (χ4v) is 3.76. The molecule has 3 aromatic rings. The second-order valence-corrected chi connectivity index (χ2v) is 7.63. The van der Waals surface area contributed by atoms with Gasteiger partial charge in [-0.25, -0.2) is 4.39 Å². The molecule has 0 atom stereocenters. The molecule has 0 aliphatic carbocycles. The Kier molecular flexibility index (Phi) is 5.89. The molecule has 1 aliphatic heterocycles. The number of hydrogen-bond donors (Lipinski definition) is 1. The zero-order valence-corrected chi connectivity index (χ0v) is 18.1. The molecule has 2 amide bonds. The van der Waals surface area contributed by atoms with Crippen molar-refractivity contribution in [1.29, 1.82) is 0 Å². The van der Waals surface area contributed by atoms with Gasteiger partial charge in [-0.05, 0) is 44.0 Å². The van der Waals surface area contributed by atoms with Gasteiger partial charge in [0.15, 0.2) is 0 Å². The molecule has 0 saturated heterocycles. The Hall–Kier alpha value is -3.75. The highest BCUT2D eigenvalue weighted by molar-refractivity contribution is 5.96. The first kappa shape index (κ1) is 21.5. The van der Waals surface area contributed by atoms with Gasteiger partial charge in [0.25, 0.3) is 5.91 Å². The molecular weight excluding hydrogens is 415 g/mol. The molecule has 0 saturated carbocycles. The standard InChI is InChI=1S/C23H23FN4O4/c1-13-22(14(2)32-27-13)23(30)26-6-7-31-17-8-16(11-25-12-17)18-9-15-4-5-21(29)28(3)20(15)10-19(18)24/h8-12H,4-7H2,1-3H3,(H,26,30).